The monoisotopic (exact) mass is 298 g/mol. The molecule has 22 heavy (non-hydrogen) atoms. The number of carbonyl (C=O) groups is 2. The second kappa shape index (κ2) is 5.63. The van der Waals surface area contributed by atoms with E-state index >= 15 is 0 Å². The van der Waals surface area contributed by atoms with Gasteiger partial charge in [0.25, 0.3) is 0 Å². The van der Waals surface area contributed by atoms with Crippen LogP contribution in [0.5, 0.6) is 0 Å². The summed E-state index contributed by atoms with van der Waals surface area (Å²) in [6, 6.07) is 9.08. The fourth-order valence-corrected chi connectivity index (χ4v) is 2.69. The Morgan fingerprint density at radius 2 is 2.00 bits per heavy atom. The lowest BCUT2D eigenvalue weighted by Gasteiger charge is -2.37. The highest BCUT2D eigenvalue weighted by atomic mass is 16.2. The largest absolute Gasteiger partial charge is 0.348 e. The SMILES string of the molecule is C[C@]1(Cc2ccccc2)NC(=O)[C@@H](Cc2cnc[nH]2)NC1=O. The van der Waals surface area contributed by atoms with Gasteiger partial charge in [0.05, 0.1) is 6.33 Å². The van der Waals surface area contributed by atoms with E-state index < -0.39 is 11.6 Å². The highest BCUT2D eigenvalue weighted by molar-refractivity contribution is 5.99. The van der Waals surface area contributed by atoms with E-state index in [0.29, 0.717) is 12.8 Å². The Morgan fingerprint density at radius 3 is 2.68 bits per heavy atom. The summed E-state index contributed by atoms with van der Waals surface area (Å²) in [4.78, 5) is 31.6. The Kier molecular flexibility index (Phi) is 3.66. The van der Waals surface area contributed by atoms with E-state index in [1.54, 1.807) is 19.4 Å². The summed E-state index contributed by atoms with van der Waals surface area (Å²) in [7, 11) is 0. The third-order valence-electron chi connectivity index (χ3n) is 3.90. The van der Waals surface area contributed by atoms with Crippen molar-refractivity contribution in [1.29, 1.82) is 0 Å². The molecule has 2 heterocycles. The Balaban J connectivity index is 1.72. The third kappa shape index (κ3) is 2.86. The van der Waals surface area contributed by atoms with Crippen molar-refractivity contribution in [1.82, 2.24) is 20.6 Å². The summed E-state index contributed by atoms with van der Waals surface area (Å²) in [6.07, 6.45) is 4.07. The zero-order valence-corrected chi connectivity index (χ0v) is 12.3. The number of carbonyl (C=O) groups excluding carboxylic acids is 2. The molecule has 0 spiro atoms. The van der Waals surface area contributed by atoms with Crippen LogP contribution >= 0.6 is 0 Å². The van der Waals surface area contributed by atoms with Gasteiger partial charge in [0, 0.05) is 24.7 Å². The van der Waals surface area contributed by atoms with E-state index in [1.165, 1.54) is 0 Å². The standard InChI is InChI=1S/C16H18N4O2/c1-16(8-11-5-3-2-4-6-11)15(22)19-13(14(21)20-16)7-12-9-17-10-18-12/h2-6,9-10,13H,7-8H2,1H3,(H,17,18)(H,19,22)(H,20,21)/t13-,16-/m1/s1. The first kappa shape index (κ1) is 14.3. The number of piperazine rings is 1. The van der Waals surface area contributed by atoms with Crippen molar-refractivity contribution in [2.75, 3.05) is 0 Å². The number of benzene rings is 1. The van der Waals surface area contributed by atoms with Crippen molar-refractivity contribution in [2.45, 2.75) is 31.3 Å². The van der Waals surface area contributed by atoms with Crippen LogP contribution in [-0.4, -0.2) is 33.4 Å². The van der Waals surface area contributed by atoms with Gasteiger partial charge in [-0.2, -0.15) is 0 Å². The molecule has 6 heteroatoms. The second-order valence-corrected chi connectivity index (χ2v) is 5.79. The van der Waals surface area contributed by atoms with Gasteiger partial charge in [0.2, 0.25) is 11.8 Å². The Bertz CT molecular complexity index is 669. The second-order valence-electron chi connectivity index (χ2n) is 5.79. The number of H-pyrrole nitrogens is 1. The molecule has 0 radical (unpaired) electrons. The van der Waals surface area contributed by atoms with Crippen LogP contribution in [-0.2, 0) is 22.4 Å². The minimum absolute atomic E-state index is 0.166. The Labute approximate surface area is 128 Å². The summed E-state index contributed by atoms with van der Waals surface area (Å²) < 4.78 is 0. The fourth-order valence-electron chi connectivity index (χ4n) is 2.69. The molecule has 2 atom stereocenters. The average Bonchev–Trinajstić information content (AvgIpc) is 2.99. The van der Waals surface area contributed by atoms with Crippen LogP contribution in [0.25, 0.3) is 0 Å². The summed E-state index contributed by atoms with van der Waals surface area (Å²) in [5.41, 5.74) is 0.891. The zero-order valence-electron chi connectivity index (χ0n) is 12.3. The molecule has 1 fully saturated rings. The highest BCUT2D eigenvalue weighted by Crippen LogP contribution is 2.18. The van der Waals surface area contributed by atoms with E-state index in [4.69, 9.17) is 0 Å². The van der Waals surface area contributed by atoms with Crippen molar-refractivity contribution >= 4 is 11.8 Å². The molecule has 1 aromatic heterocycles. The maximum atomic E-state index is 12.5. The Hall–Kier alpha value is -2.63. The van der Waals surface area contributed by atoms with E-state index in [1.807, 2.05) is 30.3 Å². The topological polar surface area (TPSA) is 86.9 Å². The van der Waals surface area contributed by atoms with Gasteiger partial charge >= 0.3 is 0 Å². The molecule has 1 aromatic carbocycles. The van der Waals surface area contributed by atoms with Gasteiger partial charge in [-0.25, -0.2) is 4.98 Å². The lowest BCUT2D eigenvalue weighted by molar-refractivity contribution is -0.140. The molecule has 0 aliphatic carbocycles. The van der Waals surface area contributed by atoms with E-state index in [2.05, 4.69) is 20.6 Å². The summed E-state index contributed by atoms with van der Waals surface area (Å²) in [6.45, 7) is 1.75. The quantitative estimate of drug-likeness (QED) is 0.771. The molecule has 0 bridgehead atoms. The molecule has 3 rings (SSSR count). The third-order valence-corrected chi connectivity index (χ3v) is 3.90. The van der Waals surface area contributed by atoms with Crippen molar-refractivity contribution in [2.24, 2.45) is 0 Å². The van der Waals surface area contributed by atoms with E-state index in [-0.39, 0.29) is 11.8 Å². The number of amides is 2. The van der Waals surface area contributed by atoms with E-state index in [9.17, 15) is 9.59 Å². The van der Waals surface area contributed by atoms with Gasteiger partial charge in [-0.3, -0.25) is 9.59 Å². The van der Waals surface area contributed by atoms with E-state index in [0.717, 1.165) is 11.3 Å². The number of hydrogen-bond acceptors (Lipinski definition) is 3. The minimum atomic E-state index is -0.928. The number of imidazole rings is 1. The van der Waals surface area contributed by atoms with Gasteiger partial charge in [-0.1, -0.05) is 30.3 Å². The predicted molar refractivity (Wildman–Crippen MR) is 80.9 cm³/mol. The normalized spacial score (nSPS) is 24.7. The lowest BCUT2D eigenvalue weighted by atomic mass is 9.88. The molecule has 0 unspecified atom stereocenters. The fraction of sp³-hybridized carbons (Fsp3) is 0.312. The maximum absolute atomic E-state index is 12.5. The molecular weight excluding hydrogens is 280 g/mol. The first-order valence-corrected chi connectivity index (χ1v) is 7.21. The molecule has 6 nitrogen and oxygen atoms in total. The van der Waals surface area contributed by atoms with Crippen molar-refractivity contribution in [3.63, 3.8) is 0 Å². The number of nitrogens with one attached hydrogen (secondary N) is 3. The minimum Gasteiger partial charge on any atom is -0.348 e. The smallest absolute Gasteiger partial charge is 0.246 e. The van der Waals surface area contributed by atoms with Crippen LogP contribution < -0.4 is 10.6 Å². The summed E-state index contributed by atoms with van der Waals surface area (Å²) >= 11 is 0. The van der Waals surface area contributed by atoms with Crippen LogP contribution in [0.4, 0.5) is 0 Å². The number of hydrogen-bond donors (Lipinski definition) is 3. The summed E-state index contributed by atoms with van der Waals surface area (Å²) in [5, 5.41) is 5.68. The number of rotatable bonds is 4. The van der Waals surface area contributed by atoms with Crippen LogP contribution in [0.1, 0.15) is 18.2 Å². The van der Waals surface area contributed by atoms with Crippen LogP contribution in [0, 0.1) is 0 Å². The maximum Gasteiger partial charge on any atom is 0.246 e. The molecule has 2 amide bonds. The highest BCUT2D eigenvalue weighted by Gasteiger charge is 2.42. The summed E-state index contributed by atoms with van der Waals surface area (Å²) in [5.74, 6) is -0.340. The Morgan fingerprint density at radius 1 is 1.23 bits per heavy atom. The number of aromatic amines is 1. The van der Waals surface area contributed by atoms with Gasteiger partial charge in [-0.15, -0.1) is 0 Å². The van der Waals surface area contributed by atoms with Crippen LogP contribution in [0.15, 0.2) is 42.9 Å². The molecule has 2 aromatic rings. The molecule has 0 saturated carbocycles. The predicted octanol–water partition coefficient (Wildman–Crippen LogP) is 0.568. The first-order valence-electron chi connectivity index (χ1n) is 7.21. The average molecular weight is 298 g/mol. The zero-order chi connectivity index (χ0) is 15.6. The number of aromatic nitrogens is 2. The van der Waals surface area contributed by atoms with Crippen LogP contribution in [0.3, 0.4) is 0 Å². The molecule has 3 N–H and O–H groups in total. The lowest BCUT2D eigenvalue weighted by Crippen LogP contribution is -2.69. The molecular formula is C16H18N4O2. The molecule has 1 aliphatic heterocycles. The van der Waals surface area contributed by atoms with Crippen LogP contribution in [0.2, 0.25) is 0 Å². The van der Waals surface area contributed by atoms with Crippen molar-refractivity contribution in [3.05, 3.63) is 54.1 Å². The molecule has 1 saturated heterocycles. The van der Waals surface area contributed by atoms with Gasteiger partial charge < -0.3 is 15.6 Å². The first-order chi connectivity index (χ1) is 10.6. The number of nitrogens with zero attached hydrogens (tertiary/aromatic N) is 1. The van der Waals surface area contributed by atoms with Gasteiger partial charge in [0.1, 0.15) is 11.6 Å². The molecule has 1 aliphatic rings. The van der Waals surface area contributed by atoms with Crippen molar-refractivity contribution < 1.29 is 9.59 Å². The van der Waals surface area contributed by atoms with Gasteiger partial charge in [0.15, 0.2) is 0 Å². The molecule has 114 valence electrons. The van der Waals surface area contributed by atoms with Crippen molar-refractivity contribution in [3.8, 4) is 0 Å². The van der Waals surface area contributed by atoms with Gasteiger partial charge in [-0.05, 0) is 12.5 Å².